The minimum Gasteiger partial charge on any atom is -0.457 e. The molecule has 1 N–H and O–H groups in total. The first-order valence-corrected chi connectivity index (χ1v) is 7.83. The summed E-state index contributed by atoms with van der Waals surface area (Å²) in [7, 11) is 0. The number of aromatic nitrogens is 1. The second-order valence-electron chi connectivity index (χ2n) is 6.69. The maximum Gasteiger partial charge on any atom is 0.354 e. The number of carbonyl (C=O) groups excluding carboxylic acids is 1. The number of pyridine rings is 1. The number of nitrogens with zero attached hydrogens (tertiary/aromatic N) is 3. The van der Waals surface area contributed by atoms with Gasteiger partial charge in [0.05, 0.1) is 0 Å². The first kappa shape index (κ1) is 18.4. The van der Waals surface area contributed by atoms with Crippen LogP contribution in [0.25, 0.3) is 0 Å². The highest BCUT2D eigenvalue weighted by molar-refractivity contribution is 5.90. The minimum absolute atomic E-state index is 0.0661. The summed E-state index contributed by atoms with van der Waals surface area (Å²) in [5, 5.41) is 21.3. The van der Waals surface area contributed by atoms with Crippen molar-refractivity contribution < 1.29 is 14.7 Å². The van der Waals surface area contributed by atoms with Crippen molar-refractivity contribution in [2.24, 2.45) is 0 Å². The molecule has 130 valence electrons. The number of ether oxygens (including phenoxy) is 1. The summed E-state index contributed by atoms with van der Waals surface area (Å²) in [4.78, 5) is 17.0. The molecule has 0 unspecified atom stereocenters. The van der Waals surface area contributed by atoms with E-state index in [1.54, 1.807) is 51.1 Å². The van der Waals surface area contributed by atoms with E-state index in [1.165, 1.54) is 12.3 Å². The van der Waals surface area contributed by atoms with Crippen molar-refractivity contribution in [2.75, 3.05) is 5.06 Å². The number of anilines is 1. The SMILES string of the molecule is Cc1cccc([C@](C#N)(C(=O)OC(C)(C)C)N(O)c2ccccn2)c1. The zero-order chi connectivity index (χ0) is 18.7. The molecule has 0 saturated carbocycles. The normalized spacial score (nSPS) is 13.4. The molecular formula is C19H21N3O3. The van der Waals surface area contributed by atoms with Crippen LogP contribution in [0.5, 0.6) is 0 Å². The Kier molecular flexibility index (Phi) is 5.10. The first-order chi connectivity index (χ1) is 11.7. The third-order valence-electron chi connectivity index (χ3n) is 3.48. The Labute approximate surface area is 147 Å². The molecule has 6 heteroatoms. The van der Waals surface area contributed by atoms with Crippen molar-refractivity contribution in [1.29, 1.82) is 5.26 Å². The van der Waals surface area contributed by atoms with Crippen LogP contribution >= 0.6 is 0 Å². The van der Waals surface area contributed by atoms with Gasteiger partial charge in [-0.25, -0.2) is 14.8 Å². The molecule has 0 spiro atoms. The van der Waals surface area contributed by atoms with Gasteiger partial charge in [0.2, 0.25) is 0 Å². The lowest BCUT2D eigenvalue weighted by atomic mass is 9.89. The van der Waals surface area contributed by atoms with E-state index in [0.29, 0.717) is 10.6 Å². The van der Waals surface area contributed by atoms with Gasteiger partial charge in [0.1, 0.15) is 11.7 Å². The lowest BCUT2D eigenvalue weighted by molar-refractivity contribution is -0.162. The fourth-order valence-electron chi connectivity index (χ4n) is 2.36. The predicted molar refractivity (Wildman–Crippen MR) is 92.8 cm³/mol. The molecule has 0 radical (unpaired) electrons. The van der Waals surface area contributed by atoms with Crippen LogP contribution in [0.2, 0.25) is 0 Å². The zero-order valence-corrected chi connectivity index (χ0v) is 14.7. The molecule has 25 heavy (non-hydrogen) atoms. The van der Waals surface area contributed by atoms with Gasteiger partial charge in [-0.05, 0) is 39.8 Å². The Hall–Kier alpha value is -2.91. The summed E-state index contributed by atoms with van der Waals surface area (Å²) in [6, 6.07) is 13.6. The Morgan fingerprint density at radius 1 is 1.24 bits per heavy atom. The third kappa shape index (κ3) is 3.78. The van der Waals surface area contributed by atoms with Crippen LogP contribution in [-0.4, -0.2) is 21.8 Å². The molecule has 0 amide bonds. The number of benzene rings is 1. The highest BCUT2D eigenvalue weighted by Gasteiger charge is 2.50. The Morgan fingerprint density at radius 2 is 1.96 bits per heavy atom. The average Bonchev–Trinajstić information content (AvgIpc) is 2.55. The molecule has 1 heterocycles. The number of hydroxylamine groups is 1. The maximum absolute atomic E-state index is 13.0. The van der Waals surface area contributed by atoms with E-state index in [2.05, 4.69) is 4.98 Å². The van der Waals surface area contributed by atoms with Gasteiger partial charge in [0, 0.05) is 11.8 Å². The van der Waals surface area contributed by atoms with E-state index in [4.69, 9.17) is 4.74 Å². The number of aryl methyl sites for hydroxylation is 1. The summed E-state index contributed by atoms with van der Waals surface area (Å²) >= 11 is 0. The summed E-state index contributed by atoms with van der Waals surface area (Å²) in [6.45, 7) is 6.94. The zero-order valence-electron chi connectivity index (χ0n) is 14.7. The van der Waals surface area contributed by atoms with E-state index in [1.807, 2.05) is 19.1 Å². The topological polar surface area (TPSA) is 86.5 Å². The van der Waals surface area contributed by atoms with Gasteiger partial charge in [-0.15, -0.1) is 0 Å². The number of rotatable bonds is 4. The number of esters is 1. The number of hydrogen-bond donors (Lipinski definition) is 1. The second-order valence-corrected chi connectivity index (χ2v) is 6.69. The monoisotopic (exact) mass is 339 g/mol. The van der Waals surface area contributed by atoms with E-state index in [-0.39, 0.29) is 5.82 Å². The molecule has 0 aliphatic rings. The van der Waals surface area contributed by atoms with Gasteiger partial charge in [-0.2, -0.15) is 5.26 Å². The molecule has 2 aromatic rings. The van der Waals surface area contributed by atoms with Gasteiger partial charge in [0.15, 0.2) is 5.82 Å². The highest BCUT2D eigenvalue weighted by atomic mass is 16.6. The Balaban J connectivity index is 2.65. The Bertz CT molecular complexity index is 794. The van der Waals surface area contributed by atoms with Gasteiger partial charge in [-0.1, -0.05) is 35.9 Å². The van der Waals surface area contributed by atoms with E-state index >= 15 is 0 Å². The van der Waals surface area contributed by atoms with Gasteiger partial charge >= 0.3 is 5.97 Å². The molecule has 0 saturated heterocycles. The smallest absolute Gasteiger partial charge is 0.354 e. The summed E-state index contributed by atoms with van der Waals surface area (Å²) < 4.78 is 5.44. The number of hydrogen-bond acceptors (Lipinski definition) is 6. The first-order valence-electron chi connectivity index (χ1n) is 7.83. The van der Waals surface area contributed by atoms with Gasteiger partial charge in [-0.3, -0.25) is 5.21 Å². The molecule has 6 nitrogen and oxygen atoms in total. The molecule has 0 bridgehead atoms. The summed E-state index contributed by atoms with van der Waals surface area (Å²) in [6.07, 6.45) is 1.46. The highest BCUT2D eigenvalue weighted by Crippen LogP contribution is 2.33. The molecule has 0 aliphatic carbocycles. The van der Waals surface area contributed by atoms with Crippen LogP contribution in [-0.2, 0) is 15.1 Å². The lowest BCUT2D eigenvalue weighted by Crippen LogP contribution is -2.52. The molecule has 2 rings (SSSR count). The molecular weight excluding hydrogens is 318 g/mol. The van der Waals surface area contributed by atoms with Crippen LogP contribution in [0.15, 0.2) is 48.7 Å². The maximum atomic E-state index is 13.0. The largest absolute Gasteiger partial charge is 0.457 e. The summed E-state index contributed by atoms with van der Waals surface area (Å²) in [5.41, 5.74) is -1.76. The van der Waals surface area contributed by atoms with Crippen LogP contribution in [0.3, 0.4) is 0 Å². The van der Waals surface area contributed by atoms with Crippen molar-refractivity contribution in [2.45, 2.75) is 38.8 Å². The van der Waals surface area contributed by atoms with E-state index in [0.717, 1.165) is 5.56 Å². The average molecular weight is 339 g/mol. The fraction of sp³-hybridized carbons (Fsp3) is 0.316. The molecule has 0 fully saturated rings. The van der Waals surface area contributed by atoms with Crippen molar-refractivity contribution in [3.63, 3.8) is 0 Å². The van der Waals surface area contributed by atoms with Crippen molar-refractivity contribution in [3.05, 3.63) is 59.8 Å². The second kappa shape index (κ2) is 6.91. The van der Waals surface area contributed by atoms with E-state index in [9.17, 15) is 15.3 Å². The number of nitriles is 1. The number of carbonyl (C=O) groups is 1. The van der Waals surface area contributed by atoms with Crippen molar-refractivity contribution in [1.82, 2.24) is 4.98 Å². The van der Waals surface area contributed by atoms with E-state index < -0.39 is 17.1 Å². The van der Waals surface area contributed by atoms with Crippen LogP contribution in [0, 0.1) is 18.3 Å². The fourth-order valence-corrected chi connectivity index (χ4v) is 2.36. The van der Waals surface area contributed by atoms with Crippen molar-refractivity contribution >= 4 is 11.8 Å². The molecule has 1 aromatic heterocycles. The standard InChI is InChI=1S/C19H21N3O3/c1-14-8-7-9-15(12-14)19(13-20,17(23)25-18(2,3)4)22(24)16-10-5-6-11-21-16/h5-12,24H,1-4H3/t19-/m1/s1. The predicted octanol–water partition coefficient (Wildman–Crippen LogP) is 3.35. The van der Waals surface area contributed by atoms with Crippen LogP contribution in [0.4, 0.5) is 5.82 Å². The van der Waals surface area contributed by atoms with Crippen LogP contribution < -0.4 is 5.06 Å². The molecule has 1 atom stereocenters. The summed E-state index contributed by atoms with van der Waals surface area (Å²) in [5.74, 6) is -0.808. The van der Waals surface area contributed by atoms with Gasteiger partial charge < -0.3 is 4.74 Å². The molecule has 1 aromatic carbocycles. The molecule has 0 aliphatic heterocycles. The third-order valence-corrected chi connectivity index (χ3v) is 3.48. The van der Waals surface area contributed by atoms with Gasteiger partial charge in [0.25, 0.3) is 5.54 Å². The lowest BCUT2D eigenvalue weighted by Gasteiger charge is -2.35. The Morgan fingerprint density at radius 3 is 2.48 bits per heavy atom. The van der Waals surface area contributed by atoms with Crippen LogP contribution in [0.1, 0.15) is 31.9 Å². The quantitative estimate of drug-likeness (QED) is 0.679. The minimum atomic E-state index is -2.08. The van der Waals surface area contributed by atoms with Crippen molar-refractivity contribution in [3.8, 4) is 6.07 Å².